The first-order chi connectivity index (χ1) is 15.7. The number of benzene rings is 2. The van der Waals surface area contributed by atoms with E-state index in [9.17, 15) is 16.8 Å². The number of hydrogen-bond donors (Lipinski definition) is 0. The molecule has 0 aromatic heterocycles. The average Bonchev–Trinajstić information content (AvgIpc) is 2.77. The third kappa shape index (κ3) is 10.3. The highest BCUT2D eigenvalue weighted by Gasteiger charge is 2.16. The summed E-state index contributed by atoms with van der Waals surface area (Å²) in [6, 6.07) is 12.7. The van der Waals surface area contributed by atoms with Crippen molar-refractivity contribution in [1.29, 1.82) is 0 Å². The molecule has 0 fully saturated rings. The van der Waals surface area contributed by atoms with E-state index in [-0.39, 0.29) is 29.6 Å². The van der Waals surface area contributed by atoms with Crippen molar-refractivity contribution in [2.45, 2.75) is 36.5 Å². The van der Waals surface area contributed by atoms with Gasteiger partial charge in [-0.2, -0.15) is 16.8 Å². The Kier molecular flexibility index (Phi) is 11.4. The van der Waals surface area contributed by atoms with Crippen LogP contribution in [0.1, 0.15) is 24.0 Å². The van der Waals surface area contributed by atoms with Gasteiger partial charge in [-0.1, -0.05) is 35.4 Å². The van der Waals surface area contributed by atoms with E-state index < -0.39 is 20.2 Å². The highest BCUT2D eigenvalue weighted by Crippen LogP contribution is 2.14. The summed E-state index contributed by atoms with van der Waals surface area (Å²) in [6.45, 7) is 4.94. The molecule has 33 heavy (non-hydrogen) atoms. The first-order valence-electron chi connectivity index (χ1n) is 10.4. The molecule has 0 unspecified atom stereocenters. The highest BCUT2D eigenvalue weighted by atomic mass is 32.2. The smallest absolute Gasteiger partial charge is 0.323 e. The molecule has 0 bridgehead atoms. The van der Waals surface area contributed by atoms with Crippen molar-refractivity contribution in [1.82, 2.24) is 0 Å². The Bertz CT molecular complexity index is 947. The maximum Gasteiger partial charge on any atom is 0.323 e. The summed E-state index contributed by atoms with van der Waals surface area (Å²) >= 11 is 0. The van der Waals surface area contributed by atoms with Crippen molar-refractivity contribution in [2.24, 2.45) is 0 Å². The van der Waals surface area contributed by atoms with E-state index in [2.05, 4.69) is 4.33 Å². The van der Waals surface area contributed by atoms with Crippen LogP contribution in [0.25, 0.3) is 0 Å². The van der Waals surface area contributed by atoms with Crippen LogP contribution in [0.2, 0.25) is 0 Å². The first kappa shape index (κ1) is 27.4. The second-order valence-electron chi connectivity index (χ2n) is 7.18. The van der Waals surface area contributed by atoms with E-state index in [4.69, 9.17) is 18.5 Å². The number of rotatable bonds is 16. The lowest BCUT2D eigenvalue weighted by atomic mass is 10.2. The number of aryl methyl sites for hydroxylation is 2. The quantitative estimate of drug-likeness (QED) is 0.148. The summed E-state index contributed by atoms with van der Waals surface area (Å²) in [4.78, 5) is 4.94. The van der Waals surface area contributed by atoms with Gasteiger partial charge in [-0.05, 0) is 51.0 Å². The van der Waals surface area contributed by atoms with Crippen molar-refractivity contribution < 1.29 is 39.7 Å². The SMILES string of the molecule is Cc1ccc(S(=O)(=O)OCCOCCOCCCCOOS(=O)(=O)c2ccc(C)cc2)cc1. The Morgan fingerprint density at radius 2 is 1.03 bits per heavy atom. The van der Waals surface area contributed by atoms with Gasteiger partial charge in [-0.25, -0.2) is 4.89 Å². The van der Waals surface area contributed by atoms with Gasteiger partial charge >= 0.3 is 10.1 Å². The van der Waals surface area contributed by atoms with Crippen LogP contribution in [0.3, 0.4) is 0 Å². The molecular weight excluding hydrogens is 472 g/mol. The maximum absolute atomic E-state index is 12.0. The van der Waals surface area contributed by atoms with Crippen molar-refractivity contribution in [2.75, 3.05) is 39.6 Å². The minimum Gasteiger partial charge on any atom is -0.379 e. The van der Waals surface area contributed by atoms with Gasteiger partial charge in [-0.3, -0.25) is 4.18 Å². The fourth-order valence-electron chi connectivity index (χ4n) is 2.50. The average molecular weight is 503 g/mol. The van der Waals surface area contributed by atoms with E-state index in [1.165, 1.54) is 24.3 Å². The molecule has 0 saturated heterocycles. The van der Waals surface area contributed by atoms with Crippen LogP contribution in [0.15, 0.2) is 58.3 Å². The van der Waals surface area contributed by atoms with Crippen molar-refractivity contribution in [3.8, 4) is 0 Å². The molecule has 0 amide bonds. The largest absolute Gasteiger partial charge is 0.379 e. The summed E-state index contributed by atoms with van der Waals surface area (Å²) in [5.74, 6) is 0. The molecule has 0 N–H and O–H groups in total. The van der Waals surface area contributed by atoms with Crippen molar-refractivity contribution >= 4 is 20.2 Å². The summed E-state index contributed by atoms with van der Waals surface area (Å²) in [5, 5.41) is 0. The topological polar surface area (TPSA) is 114 Å². The first-order valence-corrected chi connectivity index (χ1v) is 13.3. The molecule has 2 rings (SSSR count). The Labute approximate surface area is 195 Å². The van der Waals surface area contributed by atoms with Gasteiger partial charge in [0, 0.05) is 6.61 Å². The third-order valence-electron chi connectivity index (χ3n) is 4.36. The van der Waals surface area contributed by atoms with E-state index in [0.717, 1.165) is 11.1 Å². The number of ether oxygens (including phenoxy) is 2. The van der Waals surface area contributed by atoms with Crippen LogP contribution in [0.4, 0.5) is 0 Å². The van der Waals surface area contributed by atoms with Gasteiger partial charge in [-0.15, -0.1) is 4.33 Å². The third-order valence-corrected chi connectivity index (χ3v) is 6.81. The molecule has 9 nitrogen and oxygen atoms in total. The lowest BCUT2D eigenvalue weighted by Crippen LogP contribution is -2.13. The van der Waals surface area contributed by atoms with Crippen LogP contribution in [0.5, 0.6) is 0 Å². The minimum atomic E-state index is -3.93. The fourth-order valence-corrected chi connectivity index (χ4v) is 4.14. The van der Waals surface area contributed by atoms with Crippen molar-refractivity contribution in [3.63, 3.8) is 0 Å². The molecule has 0 aliphatic heterocycles. The monoisotopic (exact) mass is 502 g/mol. The van der Waals surface area contributed by atoms with Gasteiger partial charge in [0.15, 0.2) is 0 Å². The van der Waals surface area contributed by atoms with Gasteiger partial charge in [0.1, 0.15) is 0 Å². The second kappa shape index (κ2) is 13.8. The van der Waals surface area contributed by atoms with Crippen LogP contribution in [-0.2, 0) is 43.1 Å². The molecule has 0 aliphatic rings. The Morgan fingerprint density at radius 1 is 0.576 bits per heavy atom. The summed E-state index contributed by atoms with van der Waals surface area (Å²) in [5.41, 5.74) is 1.91. The number of unbranched alkanes of at least 4 members (excludes halogenated alkanes) is 1. The van der Waals surface area contributed by atoms with Crippen LogP contribution in [0, 0.1) is 13.8 Å². The molecule has 0 atom stereocenters. The van der Waals surface area contributed by atoms with Gasteiger partial charge in [0.05, 0.1) is 42.8 Å². The number of hydrogen-bond acceptors (Lipinski definition) is 9. The van der Waals surface area contributed by atoms with Crippen LogP contribution in [-0.4, -0.2) is 56.5 Å². The molecule has 0 saturated carbocycles. The molecular formula is C22H30O9S2. The van der Waals surface area contributed by atoms with E-state index in [1.807, 2.05) is 13.8 Å². The zero-order valence-corrected chi connectivity index (χ0v) is 20.4. The maximum atomic E-state index is 12.0. The predicted molar refractivity (Wildman–Crippen MR) is 121 cm³/mol. The molecule has 0 heterocycles. The predicted octanol–water partition coefficient (Wildman–Crippen LogP) is 3.16. The van der Waals surface area contributed by atoms with Gasteiger partial charge in [0.25, 0.3) is 10.1 Å². The molecule has 0 aliphatic carbocycles. The standard InChI is InChI=1S/C22H30O9S2/c1-19-5-9-21(10-6-19)32(23,24)30-18-17-28-16-15-27-13-3-4-14-29-31-33(25,26)22-11-7-20(2)8-12-22/h5-12H,3-4,13-18H2,1-2H3. The lowest BCUT2D eigenvalue weighted by Gasteiger charge is -2.08. The van der Waals surface area contributed by atoms with Crippen LogP contribution >= 0.6 is 0 Å². The van der Waals surface area contributed by atoms with Crippen molar-refractivity contribution in [3.05, 3.63) is 59.7 Å². The van der Waals surface area contributed by atoms with E-state index in [1.54, 1.807) is 24.3 Å². The fraction of sp³-hybridized carbons (Fsp3) is 0.455. The Balaban J connectivity index is 1.44. The Morgan fingerprint density at radius 3 is 1.61 bits per heavy atom. The van der Waals surface area contributed by atoms with Gasteiger partial charge < -0.3 is 9.47 Å². The molecule has 2 aromatic rings. The second-order valence-corrected chi connectivity index (χ2v) is 10.3. The lowest BCUT2D eigenvalue weighted by molar-refractivity contribution is -0.202. The summed E-state index contributed by atoms with van der Waals surface area (Å²) in [7, 11) is -7.72. The molecule has 184 valence electrons. The molecule has 11 heteroatoms. The summed E-state index contributed by atoms with van der Waals surface area (Å²) < 4.78 is 68.1. The highest BCUT2D eigenvalue weighted by molar-refractivity contribution is 7.87. The Hall–Kier alpha value is -1.86. The minimum absolute atomic E-state index is 0.0367. The summed E-state index contributed by atoms with van der Waals surface area (Å²) in [6.07, 6.45) is 1.20. The molecule has 0 radical (unpaired) electrons. The molecule has 2 aromatic carbocycles. The van der Waals surface area contributed by atoms with Gasteiger partial charge in [0.2, 0.25) is 0 Å². The normalized spacial score (nSPS) is 12.2. The van der Waals surface area contributed by atoms with Crippen LogP contribution < -0.4 is 0 Å². The zero-order chi connectivity index (χ0) is 24.2. The molecule has 0 spiro atoms. The van der Waals surface area contributed by atoms with E-state index in [0.29, 0.717) is 32.7 Å². The zero-order valence-electron chi connectivity index (χ0n) is 18.8. The van der Waals surface area contributed by atoms with E-state index >= 15 is 0 Å².